The fourth-order valence-electron chi connectivity index (χ4n) is 1.65. The Hall–Kier alpha value is 0.360. The van der Waals surface area contributed by atoms with Gasteiger partial charge in [-0.2, -0.15) is 0 Å². The Bertz CT molecular complexity index is 104. The van der Waals surface area contributed by atoms with Crippen LogP contribution in [-0.4, -0.2) is 5.91 Å². The molecule has 2 unspecified atom stereocenters. The van der Waals surface area contributed by atoms with Crippen LogP contribution in [0.2, 0.25) is 0 Å². The number of alkyl halides is 1. The minimum Gasteiger partial charge on any atom is -0.243 e. The summed E-state index contributed by atoms with van der Waals surface area (Å²) < 4.78 is 12.4. The van der Waals surface area contributed by atoms with E-state index in [0.29, 0.717) is 0 Å². The first-order valence-electron chi connectivity index (χ1n) is 6.17. The van der Waals surface area contributed by atoms with E-state index in [2.05, 4.69) is 16.2 Å². The van der Waals surface area contributed by atoms with Gasteiger partial charge in [0.25, 0.3) is 0 Å². The lowest BCUT2D eigenvalue weighted by molar-refractivity contribution is 0.410. The van der Waals surface area contributed by atoms with Gasteiger partial charge in [0.2, 0.25) is 0 Å². The summed E-state index contributed by atoms with van der Waals surface area (Å²) in [6.07, 6.45) is 12.5. The zero-order valence-electron chi connectivity index (χ0n) is 9.60. The van der Waals surface area contributed by atoms with E-state index in [1.807, 2.05) is 0 Å². The fraction of sp³-hybridized carbons (Fsp3) is 1.00. The normalized spacial score (nSPS) is 13.1. The summed E-state index contributed by atoms with van der Waals surface area (Å²) in [5.74, 6) is -0.681. The van der Waals surface area contributed by atoms with Crippen LogP contribution in [0.4, 0.5) is 4.39 Å². The molecule has 0 aliphatic carbocycles. The van der Waals surface area contributed by atoms with Crippen molar-refractivity contribution in [3.05, 3.63) is 0 Å². The highest BCUT2D eigenvalue weighted by atomic mass is 31.0. The molecule has 0 aliphatic rings. The van der Waals surface area contributed by atoms with Crippen LogP contribution >= 0.6 is 9.24 Å². The Balaban J connectivity index is 2.85. The molecule has 0 amide bonds. The van der Waals surface area contributed by atoms with Gasteiger partial charge in [-0.1, -0.05) is 64.7 Å². The third-order valence-electron chi connectivity index (χ3n) is 2.58. The predicted molar refractivity (Wildman–Crippen MR) is 66.5 cm³/mol. The largest absolute Gasteiger partial charge is 0.243 e. The first kappa shape index (κ1) is 14.4. The average Bonchev–Trinajstić information content (AvgIpc) is 2.15. The first-order chi connectivity index (χ1) is 6.77. The van der Waals surface area contributed by atoms with Crippen molar-refractivity contribution in [3.63, 3.8) is 0 Å². The third-order valence-corrected chi connectivity index (χ3v) is 2.92. The highest BCUT2D eigenvalue weighted by Gasteiger charge is 1.97. The molecule has 0 aromatic heterocycles. The maximum atomic E-state index is 12.4. The van der Waals surface area contributed by atoms with Crippen molar-refractivity contribution in [2.24, 2.45) is 0 Å². The Kier molecular flexibility index (Phi) is 11.7. The minimum absolute atomic E-state index is 0.681. The van der Waals surface area contributed by atoms with Gasteiger partial charge in [-0.15, -0.1) is 9.24 Å². The summed E-state index contributed by atoms with van der Waals surface area (Å²) in [6.45, 7) is 2.25. The van der Waals surface area contributed by atoms with Gasteiger partial charge < -0.3 is 0 Å². The maximum Gasteiger partial charge on any atom is 0.113 e. The van der Waals surface area contributed by atoms with E-state index in [1.54, 1.807) is 0 Å². The highest BCUT2D eigenvalue weighted by Crippen LogP contribution is 2.14. The van der Waals surface area contributed by atoms with Crippen LogP contribution in [0.3, 0.4) is 0 Å². The molecule has 2 heteroatoms. The van der Waals surface area contributed by atoms with Crippen molar-refractivity contribution in [3.8, 4) is 0 Å². The van der Waals surface area contributed by atoms with Crippen molar-refractivity contribution in [2.45, 2.75) is 77.0 Å². The van der Waals surface area contributed by atoms with Gasteiger partial charge in [0.15, 0.2) is 0 Å². The number of hydrogen-bond donors (Lipinski definition) is 0. The Morgan fingerprint density at radius 2 is 1.29 bits per heavy atom. The molecule has 0 spiro atoms. The number of rotatable bonds is 10. The fourth-order valence-corrected chi connectivity index (χ4v) is 1.89. The van der Waals surface area contributed by atoms with Gasteiger partial charge >= 0.3 is 0 Å². The van der Waals surface area contributed by atoms with E-state index in [1.165, 1.54) is 51.4 Å². The molecule has 86 valence electrons. The molecule has 0 bridgehead atoms. The van der Waals surface area contributed by atoms with Crippen LogP contribution in [0.1, 0.15) is 71.1 Å². The Morgan fingerprint density at radius 1 is 0.857 bits per heavy atom. The summed E-state index contributed by atoms with van der Waals surface area (Å²) in [5, 5.41) is 0. The van der Waals surface area contributed by atoms with Crippen molar-refractivity contribution in [2.75, 3.05) is 0 Å². The number of hydrogen-bond acceptors (Lipinski definition) is 0. The molecule has 14 heavy (non-hydrogen) atoms. The molecule has 0 rings (SSSR count). The van der Waals surface area contributed by atoms with Crippen LogP contribution < -0.4 is 0 Å². The molecule has 0 N–H and O–H groups in total. The monoisotopic (exact) mass is 220 g/mol. The summed E-state index contributed by atoms with van der Waals surface area (Å²) in [5.41, 5.74) is 0. The van der Waals surface area contributed by atoms with Gasteiger partial charge in [0.05, 0.1) is 0 Å². The molecule has 2 atom stereocenters. The number of halogens is 1. The van der Waals surface area contributed by atoms with E-state index in [-0.39, 0.29) is 0 Å². The van der Waals surface area contributed by atoms with E-state index in [9.17, 15) is 4.39 Å². The van der Waals surface area contributed by atoms with Crippen LogP contribution in [0.15, 0.2) is 0 Å². The van der Waals surface area contributed by atoms with E-state index >= 15 is 0 Å². The van der Waals surface area contributed by atoms with Gasteiger partial charge in [0.1, 0.15) is 5.91 Å². The van der Waals surface area contributed by atoms with Crippen LogP contribution in [0.25, 0.3) is 0 Å². The number of unbranched alkanes of at least 4 members (excludes halogenated alkanes) is 8. The predicted octanol–water partition coefficient (Wildman–Crippen LogP) is 5.08. The summed E-state index contributed by atoms with van der Waals surface area (Å²) in [4.78, 5) is 0. The molecule has 0 heterocycles. The van der Waals surface area contributed by atoms with Crippen LogP contribution in [0, 0.1) is 0 Å². The van der Waals surface area contributed by atoms with Crippen molar-refractivity contribution in [1.82, 2.24) is 0 Å². The van der Waals surface area contributed by atoms with E-state index < -0.39 is 5.91 Å². The SMILES string of the molecule is CCCCCCCCCCCC(F)P. The molecular formula is C12H26FP. The van der Waals surface area contributed by atoms with Gasteiger partial charge in [0, 0.05) is 0 Å². The van der Waals surface area contributed by atoms with E-state index in [4.69, 9.17) is 0 Å². The third kappa shape index (κ3) is 12.4. The van der Waals surface area contributed by atoms with Gasteiger partial charge in [-0.3, -0.25) is 0 Å². The summed E-state index contributed by atoms with van der Waals surface area (Å²) >= 11 is 0. The smallest absolute Gasteiger partial charge is 0.113 e. The van der Waals surface area contributed by atoms with Crippen molar-refractivity contribution in [1.29, 1.82) is 0 Å². The second kappa shape index (κ2) is 11.4. The molecule has 0 saturated carbocycles. The lowest BCUT2D eigenvalue weighted by Gasteiger charge is -2.02. The Labute approximate surface area is 91.2 Å². The molecule has 0 aromatic carbocycles. The molecule has 0 radical (unpaired) electrons. The summed E-state index contributed by atoms with van der Waals surface area (Å²) in [6, 6.07) is 0. The maximum absolute atomic E-state index is 12.4. The minimum atomic E-state index is -0.681. The van der Waals surface area contributed by atoms with Crippen molar-refractivity contribution >= 4 is 9.24 Å². The molecule has 0 fully saturated rings. The molecule has 0 nitrogen and oxygen atoms in total. The zero-order valence-corrected chi connectivity index (χ0v) is 10.8. The standard InChI is InChI=1S/C12H26FP/c1-2-3-4-5-6-7-8-9-10-11-12(13)14/h12H,2-11,14H2,1H3. The van der Waals surface area contributed by atoms with Crippen molar-refractivity contribution < 1.29 is 4.39 Å². The second-order valence-electron chi connectivity index (χ2n) is 4.13. The Morgan fingerprint density at radius 3 is 1.71 bits per heavy atom. The molecule has 0 saturated heterocycles. The average molecular weight is 220 g/mol. The quantitative estimate of drug-likeness (QED) is 0.356. The van der Waals surface area contributed by atoms with Crippen LogP contribution in [0.5, 0.6) is 0 Å². The van der Waals surface area contributed by atoms with Crippen LogP contribution in [-0.2, 0) is 0 Å². The first-order valence-corrected chi connectivity index (χ1v) is 6.83. The molecule has 0 aliphatic heterocycles. The molecular weight excluding hydrogens is 194 g/mol. The molecule has 0 aromatic rings. The van der Waals surface area contributed by atoms with E-state index in [0.717, 1.165) is 12.8 Å². The van der Waals surface area contributed by atoms with Gasteiger partial charge in [-0.05, 0) is 6.42 Å². The topological polar surface area (TPSA) is 0 Å². The summed E-state index contributed by atoms with van der Waals surface area (Å²) in [7, 11) is 2.22. The highest BCUT2D eigenvalue weighted by molar-refractivity contribution is 7.17. The zero-order chi connectivity index (χ0) is 10.6. The van der Waals surface area contributed by atoms with Gasteiger partial charge in [-0.25, -0.2) is 4.39 Å². The second-order valence-corrected chi connectivity index (χ2v) is 4.86. The lowest BCUT2D eigenvalue weighted by Crippen LogP contribution is -1.87. The lowest BCUT2D eigenvalue weighted by atomic mass is 10.1.